The second-order valence-corrected chi connectivity index (χ2v) is 4.75. The lowest BCUT2D eigenvalue weighted by atomic mass is 10.2. The van der Waals surface area contributed by atoms with E-state index in [2.05, 4.69) is 9.97 Å². The van der Waals surface area contributed by atoms with Crippen molar-refractivity contribution in [3.05, 3.63) is 41.4 Å². The molecule has 2 heterocycles. The van der Waals surface area contributed by atoms with Crippen LogP contribution in [0.2, 0.25) is 0 Å². The average Bonchev–Trinajstić information content (AvgIpc) is 2.83. The van der Waals surface area contributed by atoms with Crippen LogP contribution in [0.4, 0.5) is 0 Å². The van der Waals surface area contributed by atoms with E-state index in [4.69, 9.17) is 15.4 Å². The minimum absolute atomic E-state index is 0.164. The number of nitrogens with two attached hydrogens (primary N) is 1. The molecule has 2 aromatic rings. The number of hydrogen-bond donors (Lipinski definition) is 1. The molecule has 0 atom stereocenters. The smallest absolute Gasteiger partial charge is 0.259 e. The number of furan rings is 1. The number of rotatable bonds is 4. The Labute approximate surface area is 119 Å². The van der Waals surface area contributed by atoms with Crippen LogP contribution < -0.4 is 5.73 Å². The lowest BCUT2D eigenvalue weighted by Gasteiger charge is -1.97. The Balaban J connectivity index is 2.18. The fourth-order valence-electron chi connectivity index (χ4n) is 1.33. The molecule has 100 valence electrons. The van der Waals surface area contributed by atoms with Gasteiger partial charge in [0.25, 0.3) is 5.91 Å². The monoisotopic (exact) mass is 286 g/mol. The minimum atomic E-state index is -0.792. The summed E-state index contributed by atoms with van der Waals surface area (Å²) in [6, 6.07) is 6.85. The summed E-state index contributed by atoms with van der Waals surface area (Å²) in [6.45, 7) is 1.87. The van der Waals surface area contributed by atoms with Gasteiger partial charge in [0.05, 0.1) is 0 Å². The molecular formula is C13H10N4O2S. The first-order valence-electron chi connectivity index (χ1n) is 5.57. The third-order valence-electron chi connectivity index (χ3n) is 2.24. The van der Waals surface area contributed by atoms with E-state index in [0.717, 1.165) is 5.69 Å². The van der Waals surface area contributed by atoms with Crippen molar-refractivity contribution in [2.24, 2.45) is 5.73 Å². The first-order valence-corrected chi connectivity index (χ1v) is 6.39. The lowest BCUT2D eigenvalue weighted by molar-refractivity contribution is -0.114. The Morgan fingerprint density at radius 2 is 2.30 bits per heavy atom. The number of nitriles is 1. The minimum Gasteiger partial charge on any atom is -0.450 e. The van der Waals surface area contributed by atoms with Gasteiger partial charge in [0.1, 0.15) is 17.4 Å². The van der Waals surface area contributed by atoms with Crippen LogP contribution in [0.25, 0.3) is 6.08 Å². The Morgan fingerprint density at radius 1 is 1.50 bits per heavy atom. The third-order valence-corrected chi connectivity index (χ3v) is 3.04. The molecule has 0 aromatic carbocycles. The zero-order chi connectivity index (χ0) is 14.5. The molecule has 0 saturated heterocycles. The van der Waals surface area contributed by atoms with Crippen LogP contribution in [0.1, 0.15) is 11.5 Å². The number of aromatic nitrogens is 2. The van der Waals surface area contributed by atoms with Crippen LogP contribution in [-0.2, 0) is 4.79 Å². The van der Waals surface area contributed by atoms with Crippen molar-refractivity contribution >= 4 is 23.7 Å². The standard InChI is InChI=1S/C13H10N4O2S/c1-8-4-5-16-13(17-8)20-11-3-2-10(19-11)6-9(7-14)12(15)18/h2-6H,1H3,(H2,15,18)/b9-6+. The molecule has 0 radical (unpaired) electrons. The van der Waals surface area contributed by atoms with E-state index in [0.29, 0.717) is 16.0 Å². The van der Waals surface area contributed by atoms with Gasteiger partial charge in [-0.25, -0.2) is 9.97 Å². The van der Waals surface area contributed by atoms with Crippen molar-refractivity contribution in [3.63, 3.8) is 0 Å². The molecule has 20 heavy (non-hydrogen) atoms. The van der Waals surface area contributed by atoms with E-state index in [9.17, 15) is 4.79 Å². The van der Waals surface area contributed by atoms with Gasteiger partial charge in [0, 0.05) is 18.0 Å². The van der Waals surface area contributed by atoms with Crippen LogP contribution in [0, 0.1) is 18.3 Å². The Hall–Kier alpha value is -2.59. The Morgan fingerprint density at radius 3 is 2.95 bits per heavy atom. The van der Waals surface area contributed by atoms with Gasteiger partial charge in [-0.2, -0.15) is 5.26 Å². The summed E-state index contributed by atoms with van der Waals surface area (Å²) in [6.07, 6.45) is 2.96. The van der Waals surface area contributed by atoms with Gasteiger partial charge >= 0.3 is 0 Å². The SMILES string of the molecule is Cc1ccnc(Sc2ccc(/C=C(\C#N)C(N)=O)o2)n1. The highest BCUT2D eigenvalue weighted by Crippen LogP contribution is 2.27. The van der Waals surface area contributed by atoms with Crippen molar-refractivity contribution in [1.82, 2.24) is 9.97 Å². The molecule has 0 saturated carbocycles. The van der Waals surface area contributed by atoms with Crippen LogP contribution in [0.15, 0.2) is 44.6 Å². The third kappa shape index (κ3) is 3.46. The highest BCUT2D eigenvalue weighted by molar-refractivity contribution is 7.99. The predicted octanol–water partition coefficient (Wildman–Crippen LogP) is 1.92. The van der Waals surface area contributed by atoms with E-state index in [-0.39, 0.29) is 5.57 Å². The van der Waals surface area contributed by atoms with Gasteiger partial charge in [-0.15, -0.1) is 0 Å². The van der Waals surface area contributed by atoms with Crippen molar-refractivity contribution in [3.8, 4) is 6.07 Å². The molecule has 0 spiro atoms. The molecule has 2 N–H and O–H groups in total. The molecule has 0 unspecified atom stereocenters. The van der Waals surface area contributed by atoms with Crippen molar-refractivity contribution in [2.75, 3.05) is 0 Å². The van der Waals surface area contributed by atoms with Crippen LogP contribution in [-0.4, -0.2) is 15.9 Å². The Bertz CT molecular complexity index is 715. The van der Waals surface area contributed by atoms with E-state index < -0.39 is 5.91 Å². The molecule has 7 heteroatoms. The number of amides is 1. The molecule has 0 aliphatic heterocycles. The molecule has 0 fully saturated rings. The topological polar surface area (TPSA) is 106 Å². The van der Waals surface area contributed by atoms with Crippen molar-refractivity contribution in [1.29, 1.82) is 5.26 Å². The van der Waals surface area contributed by atoms with E-state index in [1.54, 1.807) is 30.5 Å². The number of hydrogen-bond acceptors (Lipinski definition) is 6. The summed E-state index contributed by atoms with van der Waals surface area (Å²) in [5, 5.41) is 9.86. The van der Waals surface area contributed by atoms with Gasteiger partial charge in [0.15, 0.2) is 10.2 Å². The van der Waals surface area contributed by atoms with Gasteiger partial charge in [0.2, 0.25) is 0 Å². The second kappa shape index (κ2) is 6.04. The summed E-state index contributed by atoms with van der Waals surface area (Å²) in [7, 11) is 0. The van der Waals surface area contributed by atoms with E-state index >= 15 is 0 Å². The summed E-state index contributed by atoms with van der Waals surface area (Å²) < 4.78 is 5.46. The van der Waals surface area contributed by atoms with Gasteiger partial charge in [-0.3, -0.25) is 4.79 Å². The van der Waals surface area contributed by atoms with Crippen LogP contribution in [0.3, 0.4) is 0 Å². The maximum atomic E-state index is 10.9. The average molecular weight is 286 g/mol. The molecule has 1 amide bonds. The number of carbonyl (C=O) groups excluding carboxylic acids is 1. The zero-order valence-electron chi connectivity index (χ0n) is 10.5. The number of aryl methyl sites for hydroxylation is 1. The van der Waals surface area contributed by atoms with Gasteiger partial charge < -0.3 is 10.2 Å². The second-order valence-electron chi connectivity index (χ2n) is 3.77. The van der Waals surface area contributed by atoms with Crippen molar-refractivity contribution < 1.29 is 9.21 Å². The van der Waals surface area contributed by atoms with Crippen LogP contribution >= 0.6 is 11.8 Å². The van der Waals surface area contributed by atoms with Crippen molar-refractivity contribution in [2.45, 2.75) is 17.2 Å². The molecule has 0 bridgehead atoms. The first-order chi connectivity index (χ1) is 9.58. The quantitative estimate of drug-likeness (QED) is 0.523. The Kier molecular flexibility index (Phi) is 4.17. The van der Waals surface area contributed by atoms with E-state index in [1.807, 2.05) is 6.92 Å². The summed E-state index contributed by atoms with van der Waals surface area (Å²) in [5.41, 5.74) is 5.74. The summed E-state index contributed by atoms with van der Waals surface area (Å²) >= 11 is 1.25. The zero-order valence-corrected chi connectivity index (χ0v) is 11.3. The molecule has 2 aromatic heterocycles. The normalized spacial score (nSPS) is 11.1. The highest BCUT2D eigenvalue weighted by atomic mass is 32.2. The molecule has 0 aliphatic rings. The largest absolute Gasteiger partial charge is 0.450 e. The molecule has 6 nitrogen and oxygen atoms in total. The maximum Gasteiger partial charge on any atom is 0.259 e. The summed E-state index contributed by atoms with van der Waals surface area (Å²) in [4.78, 5) is 19.3. The summed E-state index contributed by atoms with van der Waals surface area (Å²) in [5.74, 6) is -0.421. The fraction of sp³-hybridized carbons (Fsp3) is 0.0769. The molecule has 2 rings (SSSR count). The highest BCUT2D eigenvalue weighted by Gasteiger charge is 2.08. The maximum absolute atomic E-state index is 10.9. The molecule has 0 aliphatic carbocycles. The molecular weight excluding hydrogens is 276 g/mol. The number of nitrogens with zero attached hydrogens (tertiary/aromatic N) is 3. The number of primary amides is 1. The van der Waals surface area contributed by atoms with Gasteiger partial charge in [-0.05, 0) is 36.9 Å². The first kappa shape index (κ1) is 13.8. The van der Waals surface area contributed by atoms with E-state index in [1.165, 1.54) is 17.8 Å². The lowest BCUT2D eigenvalue weighted by Crippen LogP contribution is -2.12. The fourth-order valence-corrected chi connectivity index (χ4v) is 2.09. The number of carbonyl (C=O) groups is 1. The van der Waals surface area contributed by atoms with Gasteiger partial charge in [-0.1, -0.05) is 0 Å². The van der Waals surface area contributed by atoms with Crippen LogP contribution in [0.5, 0.6) is 0 Å². The predicted molar refractivity (Wildman–Crippen MR) is 72.4 cm³/mol.